The number of para-hydroxylation sites is 1. The van der Waals surface area contributed by atoms with Gasteiger partial charge in [0.1, 0.15) is 0 Å². The van der Waals surface area contributed by atoms with Crippen molar-refractivity contribution in [2.75, 3.05) is 31.1 Å². The van der Waals surface area contributed by atoms with Crippen LogP contribution in [0.25, 0.3) is 10.8 Å². The molecule has 0 spiro atoms. The van der Waals surface area contributed by atoms with Gasteiger partial charge in [0.05, 0.1) is 5.39 Å². The van der Waals surface area contributed by atoms with E-state index < -0.39 is 0 Å². The maximum Gasteiger partial charge on any atom is 0.275 e. The van der Waals surface area contributed by atoms with Crippen LogP contribution in [-0.2, 0) is 6.54 Å². The van der Waals surface area contributed by atoms with Crippen LogP contribution in [0.3, 0.4) is 0 Å². The molecule has 0 radical (unpaired) electrons. The lowest BCUT2D eigenvalue weighted by atomic mass is 10.1. The fourth-order valence-electron chi connectivity index (χ4n) is 4.27. The highest BCUT2D eigenvalue weighted by atomic mass is 16.2. The molecule has 1 saturated heterocycles. The van der Waals surface area contributed by atoms with E-state index in [1.807, 2.05) is 29.2 Å². The number of benzene rings is 2. The van der Waals surface area contributed by atoms with Gasteiger partial charge in [0.15, 0.2) is 5.69 Å². The van der Waals surface area contributed by atoms with Crippen molar-refractivity contribution in [1.82, 2.24) is 14.7 Å². The second kappa shape index (κ2) is 9.33. The van der Waals surface area contributed by atoms with Crippen LogP contribution >= 0.6 is 0 Å². The minimum absolute atomic E-state index is 0.0927. The molecule has 0 aliphatic carbocycles. The Morgan fingerprint density at radius 2 is 1.61 bits per heavy atom. The summed E-state index contributed by atoms with van der Waals surface area (Å²) in [5.74, 6) is -0.0927. The molecular formula is C25H30N4O2. The van der Waals surface area contributed by atoms with E-state index in [9.17, 15) is 9.59 Å². The summed E-state index contributed by atoms with van der Waals surface area (Å²) in [4.78, 5) is 30.5. The highest BCUT2D eigenvalue weighted by molar-refractivity contribution is 6.04. The molecule has 1 fully saturated rings. The Kier molecular flexibility index (Phi) is 6.35. The van der Waals surface area contributed by atoms with Gasteiger partial charge in [0.2, 0.25) is 0 Å². The van der Waals surface area contributed by atoms with Gasteiger partial charge in [0.25, 0.3) is 11.5 Å². The SMILES string of the molecule is CCCCCn1nc(C(=O)N2CCN(c3ccccc3C)CC2)c2ccccc2c1=O. The molecule has 0 N–H and O–H groups in total. The molecule has 4 rings (SSSR count). The van der Waals surface area contributed by atoms with Crippen molar-refractivity contribution >= 4 is 22.4 Å². The summed E-state index contributed by atoms with van der Waals surface area (Å²) in [6.07, 6.45) is 2.98. The highest BCUT2D eigenvalue weighted by Gasteiger charge is 2.26. The topological polar surface area (TPSA) is 58.4 Å². The molecule has 162 valence electrons. The van der Waals surface area contributed by atoms with E-state index in [-0.39, 0.29) is 11.5 Å². The van der Waals surface area contributed by atoms with Crippen molar-refractivity contribution < 1.29 is 4.79 Å². The standard InChI is InChI=1S/C25H30N4O2/c1-3-4-9-14-29-24(30)21-12-7-6-11-20(21)23(26-29)25(31)28-17-15-27(16-18-28)22-13-8-5-10-19(22)2/h5-8,10-13H,3-4,9,14-18H2,1-2H3. The lowest BCUT2D eigenvalue weighted by Crippen LogP contribution is -2.49. The van der Waals surface area contributed by atoms with Crippen LogP contribution in [0, 0.1) is 6.92 Å². The summed E-state index contributed by atoms with van der Waals surface area (Å²) >= 11 is 0. The minimum atomic E-state index is -0.118. The van der Waals surface area contributed by atoms with Crippen LogP contribution in [0.15, 0.2) is 53.3 Å². The van der Waals surface area contributed by atoms with Crippen LogP contribution in [0.2, 0.25) is 0 Å². The van der Waals surface area contributed by atoms with Crippen molar-refractivity contribution in [3.8, 4) is 0 Å². The van der Waals surface area contributed by atoms with Gasteiger partial charge in [-0.15, -0.1) is 0 Å². The zero-order chi connectivity index (χ0) is 21.8. The molecule has 31 heavy (non-hydrogen) atoms. The molecule has 0 unspecified atom stereocenters. The Morgan fingerprint density at radius 3 is 2.32 bits per heavy atom. The van der Waals surface area contributed by atoms with E-state index in [1.54, 1.807) is 6.07 Å². The van der Waals surface area contributed by atoms with E-state index in [1.165, 1.54) is 15.9 Å². The summed E-state index contributed by atoms with van der Waals surface area (Å²) in [7, 11) is 0. The Morgan fingerprint density at radius 1 is 0.935 bits per heavy atom. The quantitative estimate of drug-likeness (QED) is 0.571. The lowest BCUT2D eigenvalue weighted by Gasteiger charge is -2.36. The first kappa shape index (κ1) is 21.1. The number of nitrogens with zero attached hydrogens (tertiary/aromatic N) is 4. The zero-order valence-corrected chi connectivity index (χ0v) is 18.4. The molecule has 1 aliphatic rings. The number of hydrogen-bond acceptors (Lipinski definition) is 4. The van der Waals surface area contributed by atoms with Gasteiger partial charge in [-0.05, 0) is 31.0 Å². The summed E-state index contributed by atoms with van der Waals surface area (Å²) in [5.41, 5.74) is 2.74. The normalized spacial score (nSPS) is 14.3. The van der Waals surface area contributed by atoms with Crippen LogP contribution in [0.4, 0.5) is 5.69 Å². The van der Waals surface area contributed by atoms with Gasteiger partial charge in [-0.2, -0.15) is 5.10 Å². The fraction of sp³-hybridized carbons (Fsp3) is 0.400. The molecule has 2 aromatic carbocycles. The average molecular weight is 419 g/mol. The molecule has 0 bridgehead atoms. The van der Waals surface area contributed by atoms with E-state index in [2.05, 4.69) is 42.0 Å². The second-order valence-electron chi connectivity index (χ2n) is 8.20. The van der Waals surface area contributed by atoms with Crippen molar-refractivity contribution in [3.05, 3.63) is 70.1 Å². The number of fused-ring (bicyclic) bond motifs is 1. The van der Waals surface area contributed by atoms with E-state index in [4.69, 9.17) is 0 Å². The Labute approximate surface area is 183 Å². The summed E-state index contributed by atoms with van der Waals surface area (Å²) in [6, 6.07) is 15.7. The fourth-order valence-corrected chi connectivity index (χ4v) is 4.27. The Hall–Kier alpha value is -3.15. The summed E-state index contributed by atoms with van der Waals surface area (Å²) in [6.45, 7) is 7.62. The van der Waals surface area contributed by atoms with E-state index >= 15 is 0 Å². The lowest BCUT2D eigenvalue weighted by molar-refractivity contribution is 0.0740. The largest absolute Gasteiger partial charge is 0.368 e. The monoisotopic (exact) mass is 418 g/mol. The first-order valence-corrected chi connectivity index (χ1v) is 11.2. The molecule has 1 aliphatic heterocycles. The number of carbonyl (C=O) groups excluding carboxylic acids is 1. The number of amides is 1. The van der Waals surface area contributed by atoms with Crippen LogP contribution in [0.5, 0.6) is 0 Å². The first-order valence-electron chi connectivity index (χ1n) is 11.2. The number of hydrogen-bond donors (Lipinski definition) is 0. The molecule has 0 saturated carbocycles. The van der Waals surface area contributed by atoms with Crippen molar-refractivity contribution in [3.63, 3.8) is 0 Å². The van der Waals surface area contributed by atoms with Gasteiger partial charge >= 0.3 is 0 Å². The Balaban J connectivity index is 1.58. The van der Waals surface area contributed by atoms with Crippen molar-refractivity contribution in [2.45, 2.75) is 39.7 Å². The molecule has 1 aromatic heterocycles. The van der Waals surface area contributed by atoms with Gasteiger partial charge in [-0.1, -0.05) is 56.2 Å². The van der Waals surface area contributed by atoms with Crippen LogP contribution < -0.4 is 10.5 Å². The number of piperazine rings is 1. The zero-order valence-electron chi connectivity index (χ0n) is 18.4. The second-order valence-corrected chi connectivity index (χ2v) is 8.20. The molecule has 0 atom stereocenters. The average Bonchev–Trinajstić information content (AvgIpc) is 2.81. The van der Waals surface area contributed by atoms with Gasteiger partial charge in [-0.25, -0.2) is 4.68 Å². The third-order valence-electron chi connectivity index (χ3n) is 6.07. The highest BCUT2D eigenvalue weighted by Crippen LogP contribution is 2.22. The number of aromatic nitrogens is 2. The smallest absolute Gasteiger partial charge is 0.275 e. The third-order valence-corrected chi connectivity index (χ3v) is 6.07. The first-order chi connectivity index (χ1) is 15.1. The van der Waals surface area contributed by atoms with E-state index in [0.717, 1.165) is 32.4 Å². The van der Waals surface area contributed by atoms with Gasteiger partial charge in [-0.3, -0.25) is 9.59 Å². The number of anilines is 1. The molecule has 2 heterocycles. The number of carbonyl (C=O) groups is 1. The molecule has 6 nitrogen and oxygen atoms in total. The van der Waals surface area contributed by atoms with Crippen molar-refractivity contribution in [2.24, 2.45) is 0 Å². The minimum Gasteiger partial charge on any atom is -0.368 e. The van der Waals surface area contributed by atoms with Crippen molar-refractivity contribution in [1.29, 1.82) is 0 Å². The number of aryl methyl sites for hydroxylation is 2. The Bertz CT molecular complexity index is 1130. The predicted molar refractivity (Wildman–Crippen MR) is 125 cm³/mol. The third kappa shape index (κ3) is 4.33. The molecule has 1 amide bonds. The summed E-state index contributed by atoms with van der Waals surface area (Å²) in [5, 5.41) is 5.75. The maximum absolute atomic E-state index is 13.4. The molecular weight excluding hydrogens is 388 g/mol. The van der Waals surface area contributed by atoms with E-state index in [0.29, 0.717) is 36.1 Å². The molecule has 6 heteroatoms. The summed E-state index contributed by atoms with van der Waals surface area (Å²) < 4.78 is 1.48. The number of rotatable bonds is 6. The number of unbranched alkanes of at least 4 members (excludes halogenated alkanes) is 2. The predicted octanol–water partition coefficient (Wildman–Crippen LogP) is 3.86. The van der Waals surface area contributed by atoms with Gasteiger partial charge in [0, 0.05) is 43.8 Å². The van der Waals surface area contributed by atoms with Crippen LogP contribution in [0.1, 0.15) is 42.2 Å². The van der Waals surface area contributed by atoms with Crippen LogP contribution in [-0.4, -0.2) is 46.8 Å². The van der Waals surface area contributed by atoms with Gasteiger partial charge < -0.3 is 9.80 Å². The maximum atomic E-state index is 13.4. The molecule has 3 aromatic rings.